The summed E-state index contributed by atoms with van der Waals surface area (Å²) in [6.07, 6.45) is 1.10. The molecule has 1 aliphatic carbocycles. The smallest absolute Gasteiger partial charge is 0.167 e. The van der Waals surface area contributed by atoms with Crippen molar-refractivity contribution in [3.63, 3.8) is 0 Å². The van der Waals surface area contributed by atoms with Gasteiger partial charge in [-0.15, -0.1) is 0 Å². The normalized spacial score (nSPS) is 30.5. The molecule has 5 N–H and O–H groups in total. The van der Waals surface area contributed by atoms with Crippen molar-refractivity contribution < 1.29 is 24.8 Å². The summed E-state index contributed by atoms with van der Waals surface area (Å²) in [5.74, 6) is 0.220. The van der Waals surface area contributed by atoms with Gasteiger partial charge in [-0.25, -0.2) is 15.0 Å². The van der Waals surface area contributed by atoms with Crippen LogP contribution in [-0.4, -0.2) is 66.4 Å². The van der Waals surface area contributed by atoms with Crippen LogP contribution in [0.25, 0.3) is 11.2 Å². The van der Waals surface area contributed by atoms with E-state index in [2.05, 4.69) is 15.0 Å². The van der Waals surface area contributed by atoms with Gasteiger partial charge in [0.1, 0.15) is 35.8 Å². The fourth-order valence-electron chi connectivity index (χ4n) is 4.55. The zero-order valence-corrected chi connectivity index (χ0v) is 16.8. The molecule has 10 heteroatoms. The van der Waals surface area contributed by atoms with E-state index in [1.54, 1.807) is 0 Å². The summed E-state index contributed by atoms with van der Waals surface area (Å²) in [7, 11) is 0. The van der Waals surface area contributed by atoms with Crippen LogP contribution in [0.1, 0.15) is 30.2 Å². The minimum atomic E-state index is -1.21. The summed E-state index contributed by atoms with van der Waals surface area (Å²) in [6, 6.07) is 7.83. The summed E-state index contributed by atoms with van der Waals surface area (Å²) in [5.41, 5.74) is 7.54. The van der Waals surface area contributed by atoms with Crippen LogP contribution in [0.3, 0.4) is 0 Å². The van der Waals surface area contributed by atoms with Gasteiger partial charge in [0, 0.05) is 0 Å². The number of fused-ring (bicyclic) bond motifs is 2. The number of nitrogens with zero attached hydrogens (tertiary/aromatic N) is 4. The molecule has 0 saturated carbocycles. The Kier molecular flexibility index (Phi) is 5.11. The van der Waals surface area contributed by atoms with Crippen molar-refractivity contribution in [1.82, 2.24) is 19.5 Å². The van der Waals surface area contributed by atoms with Gasteiger partial charge in [0.2, 0.25) is 0 Å². The number of nitrogen functional groups attached to an aromatic ring is 1. The lowest BCUT2D eigenvalue weighted by Crippen LogP contribution is -2.38. The predicted octanol–water partition coefficient (Wildman–Crippen LogP) is 0.268. The van der Waals surface area contributed by atoms with Crippen molar-refractivity contribution in [3.05, 3.63) is 48.0 Å². The van der Waals surface area contributed by atoms with Crippen molar-refractivity contribution in [1.29, 1.82) is 0 Å². The molecule has 10 nitrogen and oxygen atoms in total. The fourth-order valence-corrected chi connectivity index (χ4v) is 4.55. The quantitative estimate of drug-likeness (QED) is 0.450. The first-order valence-electron chi connectivity index (χ1n) is 10.3. The maximum Gasteiger partial charge on any atom is 0.167 e. The molecule has 5 rings (SSSR count). The van der Waals surface area contributed by atoms with Crippen LogP contribution < -0.4 is 5.73 Å². The number of aromatic nitrogens is 4. The molecule has 1 aromatic carbocycles. The predicted molar refractivity (Wildman–Crippen MR) is 110 cm³/mol. The first-order chi connectivity index (χ1) is 15.0. The second kappa shape index (κ2) is 7.81. The third kappa shape index (κ3) is 3.46. The van der Waals surface area contributed by atoms with E-state index < -0.39 is 30.1 Å². The second-order valence-corrected chi connectivity index (χ2v) is 8.19. The van der Waals surface area contributed by atoms with Crippen LogP contribution in [-0.2, 0) is 21.5 Å². The molecule has 1 unspecified atom stereocenters. The van der Waals surface area contributed by atoms with E-state index in [4.69, 9.17) is 15.2 Å². The number of aryl methyl sites for hydroxylation is 1. The summed E-state index contributed by atoms with van der Waals surface area (Å²) in [5, 5.41) is 32.2. The number of imidazole rings is 1. The number of aliphatic hydroxyl groups is 3. The molecule has 5 atom stereocenters. The van der Waals surface area contributed by atoms with Gasteiger partial charge >= 0.3 is 0 Å². The van der Waals surface area contributed by atoms with Gasteiger partial charge in [0.05, 0.1) is 19.5 Å². The van der Waals surface area contributed by atoms with Crippen LogP contribution in [0.2, 0.25) is 0 Å². The molecule has 0 radical (unpaired) electrons. The van der Waals surface area contributed by atoms with Crippen molar-refractivity contribution >= 4 is 17.0 Å². The average Bonchev–Trinajstić information content (AvgIpc) is 3.31. The Bertz CT molecular complexity index is 1090. The van der Waals surface area contributed by atoms with E-state index in [1.165, 1.54) is 17.2 Å². The van der Waals surface area contributed by atoms with Crippen molar-refractivity contribution in [2.75, 3.05) is 18.9 Å². The number of aliphatic hydroxyl groups excluding tert-OH is 2. The molecule has 1 aliphatic heterocycles. The first kappa shape index (κ1) is 20.3. The highest BCUT2D eigenvalue weighted by atomic mass is 16.6. The second-order valence-electron chi connectivity index (χ2n) is 8.19. The Morgan fingerprint density at radius 1 is 1.19 bits per heavy atom. The molecule has 3 heterocycles. The van der Waals surface area contributed by atoms with Crippen LogP contribution in [0.4, 0.5) is 5.82 Å². The summed E-state index contributed by atoms with van der Waals surface area (Å²) in [6.45, 7) is 0.0953. The Morgan fingerprint density at radius 2 is 2.03 bits per heavy atom. The lowest BCUT2D eigenvalue weighted by atomic mass is 9.79. The Hall–Kier alpha value is -2.63. The molecule has 1 fully saturated rings. The monoisotopic (exact) mass is 427 g/mol. The first-order valence-corrected chi connectivity index (χ1v) is 10.3. The molecule has 1 saturated heterocycles. The van der Waals surface area contributed by atoms with Crippen molar-refractivity contribution in [2.24, 2.45) is 0 Å². The highest BCUT2D eigenvalue weighted by molar-refractivity contribution is 5.81. The van der Waals surface area contributed by atoms with Gasteiger partial charge in [-0.2, -0.15) is 0 Å². The maximum atomic E-state index is 11.1. The van der Waals surface area contributed by atoms with Crippen LogP contribution >= 0.6 is 0 Å². The molecule has 3 aromatic rings. The SMILES string of the molecule is Nc1ncnc2c1ncn2[C@@H]1O[C@H](COCC2(O)CCCc3ccccc32)[C@@H](O)[C@H]1O. The van der Waals surface area contributed by atoms with Crippen LogP contribution in [0, 0.1) is 0 Å². The number of hydrogen-bond acceptors (Lipinski definition) is 9. The van der Waals surface area contributed by atoms with Gasteiger partial charge < -0.3 is 30.5 Å². The van der Waals surface area contributed by atoms with Gasteiger partial charge in [0.15, 0.2) is 17.7 Å². The Labute approximate surface area is 178 Å². The van der Waals surface area contributed by atoms with Crippen molar-refractivity contribution in [2.45, 2.75) is 49.4 Å². The molecular weight excluding hydrogens is 402 g/mol. The van der Waals surface area contributed by atoms with Gasteiger partial charge in [-0.3, -0.25) is 4.57 Å². The highest BCUT2D eigenvalue weighted by Gasteiger charge is 2.45. The molecule has 0 spiro atoms. The Balaban J connectivity index is 1.28. The zero-order chi connectivity index (χ0) is 21.6. The van der Waals surface area contributed by atoms with Crippen molar-refractivity contribution in [3.8, 4) is 0 Å². The maximum absolute atomic E-state index is 11.1. The largest absolute Gasteiger partial charge is 0.387 e. The average molecular weight is 427 g/mol. The fraction of sp³-hybridized carbons (Fsp3) is 0.476. The standard InChI is InChI=1S/C21H25N5O5/c22-18-15-19(24-10-23-18)26(11-25-15)20-17(28)16(27)14(31-20)8-30-9-21(29)7-3-5-12-4-1-2-6-13(12)21/h1-2,4,6,10-11,14,16-17,20,27-29H,3,5,7-9H2,(H2,22,23,24)/t14-,16-,17-,20-,21?/m1/s1. The van der Waals surface area contributed by atoms with Gasteiger partial charge in [0.25, 0.3) is 0 Å². The van der Waals surface area contributed by atoms with E-state index >= 15 is 0 Å². The molecule has 0 bridgehead atoms. The highest BCUT2D eigenvalue weighted by Crippen LogP contribution is 2.36. The topological polar surface area (TPSA) is 149 Å². The summed E-state index contributed by atoms with van der Waals surface area (Å²) in [4.78, 5) is 12.2. The lowest BCUT2D eigenvalue weighted by Gasteiger charge is -2.34. The summed E-state index contributed by atoms with van der Waals surface area (Å²) < 4.78 is 13.2. The van der Waals surface area contributed by atoms with Crippen LogP contribution in [0.5, 0.6) is 0 Å². The van der Waals surface area contributed by atoms with E-state index in [0.717, 1.165) is 24.0 Å². The van der Waals surface area contributed by atoms with Crippen LogP contribution in [0.15, 0.2) is 36.9 Å². The zero-order valence-electron chi connectivity index (χ0n) is 16.8. The number of anilines is 1. The molecular formula is C21H25N5O5. The minimum absolute atomic E-state index is 0.0168. The molecule has 2 aliphatic rings. The number of rotatable bonds is 5. The van der Waals surface area contributed by atoms with Gasteiger partial charge in [-0.05, 0) is 30.4 Å². The third-order valence-corrected chi connectivity index (χ3v) is 6.18. The molecule has 0 amide bonds. The lowest BCUT2D eigenvalue weighted by molar-refractivity contribution is -0.105. The minimum Gasteiger partial charge on any atom is -0.387 e. The number of nitrogens with two attached hydrogens (primary N) is 1. The van der Waals surface area contributed by atoms with Gasteiger partial charge in [-0.1, -0.05) is 24.3 Å². The van der Waals surface area contributed by atoms with E-state index in [-0.39, 0.29) is 19.0 Å². The molecule has 164 valence electrons. The third-order valence-electron chi connectivity index (χ3n) is 6.18. The summed E-state index contributed by atoms with van der Waals surface area (Å²) >= 11 is 0. The van der Waals surface area contributed by atoms with E-state index in [0.29, 0.717) is 17.6 Å². The Morgan fingerprint density at radius 3 is 2.90 bits per heavy atom. The molecule has 2 aromatic heterocycles. The molecule has 31 heavy (non-hydrogen) atoms. The number of hydrogen-bond donors (Lipinski definition) is 4. The number of ether oxygens (including phenoxy) is 2. The van der Waals surface area contributed by atoms with E-state index in [9.17, 15) is 15.3 Å². The van der Waals surface area contributed by atoms with E-state index in [1.807, 2.05) is 24.3 Å². The number of benzene rings is 1.